The monoisotopic (exact) mass is 712 g/mol. The van der Waals surface area contributed by atoms with Gasteiger partial charge >= 0.3 is 37.9 Å². The summed E-state index contributed by atoms with van der Waals surface area (Å²) in [7, 11) is 11.0. The van der Waals surface area contributed by atoms with Gasteiger partial charge in [0.25, 0.3) is 0 Å². The van der Waals surface area contributed by atoms with Crippen molar-refractivity contribution in [3.63, 3.8) is 0 Å². The minimum absolute atomic E-state index is 0.575. The Kier molecular flexibility index (Phi) is 15.9. The van der Waals surface area contributed by atoms with E-state index in [2.05, 4.69) is 162 Å². The van der Waals surface area contributed by atoms with Gasteiger partial charge in [0.05, 0.1) is 0 Å². The van der Waals surface area contributed by atoms with Gasteiger partial charge in [-0.2, -0.15) is 12.1 Å². The number of halogens is 2. The maximum absolute atomic E-state index is 4.93. The number of hydrogen-bond donors (Lipinski definition) is 0. The second-order valence-corrected chi connectivity index (χ2v) is 16.3. The molecule has 0 aromatic heterocycles. The van der Waals surface area contributed by atoms with Crippen LogP contribution in [0.3, 0.4) is 0 Å². The van der Waals surface area contributed by atoms with E-state index >= 15 is 0 Å². The van der Waals surface area contributed by atoms with Crippen LogP contribution >= 0.6 is 17.0 Å². The van der Waals surface area contributed by atoms with E-state index in [1.54, 1.807) is 0 Å². The molecule has 0 bridgehead atoms. The van der Waals surface area contributed by atoms with Crippen LogP contribution in [0.4, 0.5) is 0 Å². The van der Waals surface area contributed by atoms with Crippen LogP contribution in [0, 0.1) is 0 Å². The predicted molar refractivity (Wildman–Crippen MR) is 195 cm³/mol. The summed E-state index contributed by atoms with van der Waals surface area (Å²) in [6, 6.07) is 43.7. The summed E-state index contributed by atoms with van der Waals surface area (Å²) in [5.41, 5.74) is 8.75. The van der Waals surface area contributed by atoms with Crippen LogP contribution in [0.2, 0.25) is 13.1 Å². The zero-order valence-corrected chi connectivity index (χ0v) is 31.8. The van der Waals surface area contributed by atoms with Crippen molar-refractivity contribution in [2.45, 2.75) is 65.5 Å². The number of benzene rings is 4. The maximum atomic E-state index is 4.93. The van der Waals surface area contributed by atoms with Gasteiger partial charge in [-0.1, -0.05) is 125 Å². The Morgan fingerprint density at radius 3 is 1.16 bits per heavy atom. The molecule has 6 aromatic rings. The van der Waals surface area contributed by atoms with Crippen molar-refractivity contribution in [2.75, 3.05) is 0 Å². The molecule has 0 heterocycles. The molecule has 4 heteroatoms. The molecule has 226 valence electrons. The second-order valence-electron chi connectivity index (χ2n) is 11.5. The van der Waals surface area contributed by atoms with Crippen LogP contribution in [0.5, 0.6) is 0 Å². The third kappa shape index (κ3) is 10.4. The molecule has 0 unspecified atom stereocenters. The van der Waals surface area contributed by atoms with Crippen molar-refractivity contribution in [1.29, 1.82) is 0 Å². The summed E-state index contributed by atoms with van der Waals surface area (Å²) >= 11 is -0.826. The van der Waals surface area contributed by atoms with Crippen molar-refractivity contribution in [3.8, 4) is 0 Å². The zero-order valence-electron chi connectivity index (χ0n) is 26.9. The Labute approximate surface area is 287 Å². The molecule has 0 amide bonds. The van der Waals surface area contributed by atoms with Crippen LogP contribution in [-0.4, -0.2) is 9.52 Å². The summed E-state index contributed by atoms with van der Waals surface area (Å²) in [4.78, 5) is 0. The molecule has 0 spiro atoms. The average Bonchev–Trinajstić information content (AvgIpc) is 3.58. The van der Waals surface area contributed by atoms with Crippen LogP contribution in [0.1, 0.15) is 72.9 Å². The average molecular weight is 715 g/mol. The fourth-order valence-corrected chi connectivity index (χ4v) is 5.64. The molecule has 0 atom stereocenters. The summed E-state index contributed by atoms with van der Waals surface area (Å²) < 4.78 is 0. The topological polar surface area (TPSA) is 0 Å². The van der Waals surface area contributed by atoms with E-state index in [0.29, 0.717) is 11.8 Å². The molecular weight excluding hydrogens is 671 g/mol. The summed E-state index contributed by atoms with van der Waals surface area (Å²) in [5.74, 6) is 1.15. The molecule has 0 aliphatic carbocycles. The van der Waals surface area contributed by atoms with Gasteiger partial charge in [-0.15, -0.1) is 80.2 Å². The van der Waals surface area contributed by atoms with Crippen LogP contribution in [-0.2, 0) is 33.7 Å². The Bertz CT molecular complexity index is 1520. The fraction of sp³-hybridized carbons (Fsp3) is 0.250. The normalized spacial score (nSPS) is 10.4. The molecule has 6 aromatic carbocycles. The zero-order chi connectivity index (χ0) is 31.9. The quantitative estimate of drug-likeness (QED) is 0.119. The first-order valence-electron chi connectivity index (χ1n) is 15.3. The molecule has 0 saturated carbocycles. The molecule has 44 heavy (non-hydrogen) atoms. The molecular formula is C40H44Cl2SiZr. The van der Waals surface area contributed by atoms with Crippen LogP contribution in [0.25, 0.3) is 21.5 Å². The first kappa shape index (κ1) is 36.3. The molecule has 0 aliphatic rings. The third-order valence-corrected chi connectivity index (χ3v) is 7.58. The fourth-order valence-electron chi connectivity index (χ4n) is 5.64. The van der Waals surface area contributed by atoms with Gasteiger partial charge in [0, 0.05) is 9.52 Å². The van der Waals surface area contributed by atoms with Gasteiger partial charge in [-0.25, -0.2) is 0 Å². The van der Waals surface area contributed by atoms with Gasteiger partial charge < -0.3 is 0 Å². The Balaban J connectivity index is 0.000000204. The molecule has 0 aliphatic heterocycles. The van der Waals surface area contributed by atoms with E-state index in [1.807, 2.05) is 0 Å². The second kappa shape index (κ2) is 19.3. The first-order valence-corrected chi connectivity index (χ1v) is 23.6. The molecule has 6 rings (SSSR count). The van der Waals surface area contributed by atoms with Crippen molar-refractivity contribution < 1.29 is 20.8 Å². The predicted octanol–water partition coefficient (Wildman–Crippen LogP) is 12.7. The van der Waals surface area contributed by atoms with Gasteiger partial charge in [0.15, 0.2) is 0 Å². The third-order valence-electron chi connectivity index (χ3n) is 7.58. The Hall–Kier alpha value is -2.22. The SMILES string of the molecule is CC(C)c1cc2ccccc2[c-]1Cc1ccccc1.CC(C)c1cc2ccccc2[c-]1Cc1ccccc1.C[Si]C.[Cl][Zr+2][Cl]. The van der Waals surface area contributed by atoms with Crippen molar-refractivity contribution in [1.82, 2.24) is 0 Å². The van der Waals surface area contributed by atoms with E-state index in [9.17, 15) is 0 Å². The standard InChI is InChI=1S/2C19H19.C2H6Si.2ClH.Zr/c2*1-14(2)18-13-16-10-6-7-11-17(16)19(18)12-15-8-4-3-5-9-15;1-3-2;;;/h2*3-11,13-14H,12H2,1-2H3;1-2H3;2*1H;/q2*-1;;;;+4/p-2. The van der Waals surface area contributed by atoms with Crippen LogP contribution < -0.4 is 0 Å². The Morgan fingerprint density at radius 2 is 0.841 bits per heavy atom. The van der Waals surface area contributed by atoms with E-state index in [-0.39, 0.29) is 0 Å². The van der Waals surface area contributed by atoms with E-state index in [0.717, 1.165) is 22.4 Å². The van der Waals surface area contributed by atoms with Gasteiger partial charge in [-0.05, 0) is 24.7 Å². The van der Waals surface area contributed by atoms with E-state index in [1.165, 1.54) is 54.9 Å². The molecule has 0 nitrogen and oxygen atoms in total. The van der Waals surface area contributed by atoms with Crippen molar-refractivity contribution >= 4 is 48.1 Å². The van der Waals surface area contributed by atoms with Gasteiger partial charge in [-0.3, -0.25) is 0 Å². The number of hydrogen-bond acceptors (Lipinski definition) is 0. The molecule has 0 N–H and O–H groups in total. The molecule has 2 radical (unpaired) electrons. The number of rotatable bonds is 6. The van der Waals surface area contributed by atoms with Gasteiger partial charge in [0.2, 0.25) is 0 Å². The molecule has 0 saturated heterocycles. The molecule has 0 fully saturated rings. The summed E-state index contributed by atoms with van der Waals surface area (Å²) in [5, 5.41) is 5.57. The van der Waals surface area contributed by atoms with Crippen molar-refractivity contribution in [2.24, 2.45) is 0 Å². The van der Waals surface area contributed by atoms with Crippen LogP contribution in [0.15, 0.2) is 121 Å². The van der Waals surface area contributed by atoms with Gasteiger partial charge in [0.1, 0.15) is 0 Å². The summed E-state index contributed by atoms with van der Waals surface area (Å²) in [6.07, 6.45) is 2.06. The minimum atomic E-state index is -0.826. The Morgan fingerprint density at radius 1 is 0.545 bits per heavy atom. The number of fused-ring (bicyclic) bond motifs is 2. The van der Waals surface area contributed by atoms with Crippen molar-refractivity contribution in [3.05, 3.63) is 155 Å². The van der Waals surface area contributed by atoms with E-state index in [4.69, 9.17) is 17.0 Å². The van der Waals surface area contributed by atoms with E-state index < -0.39 is 20.8 Å². The summed E-state index contributed by atoms with van der Waals surface area (Å²) in [6.45, 7) is 13.4. The first-order chi connectivity index (χ1) is 21.3.